The lowest BCUT2D eigenvalue weighted by Crippen LogP contribution is -2.41. The van der Waals surface area contributed by atoms with E-state index in [1.807, 2.05) is 0 Å². The second kappa shape index (κ2) is 15.2. The highest BCUT2D eigenvalue weighted by Gasteiger charge is 2.38. The van der Waals surface area contributed by atoms with Crippen LogP contribution in [0.5, 0.6) is 5.75 Å². The van der Waals surface area contributed by atoms with Crippen molar-refractivity contribution in [3.8, 4) is 16.2 Å². The predicted molar refractivity (Wildman–Crippen MR) is 154 cm³/mol. The third kappa shape index (κ3) is 9.71. The van der Waals surface area contributed by atoms with Gasteiger partial charge < -0.3 is 25.2 Å². The topological polar surface area (TPSA) is 184 Å². The summed E-state index contributed by atoms with van der Waals surface area (Å²) in [5, 5.41) is 21.3. The van der Waals surface area contributed by atoms with Crippen molar-refractivity contribution in [1.29, 1.82) is 0 Å². The maximum Gasteiger partial charge on any atom is 0.490 e. The van der Waals surface area contributed by atoms with Gasteiger partial charge in [-0.05, 0) is 18.2 Å². The van der Waals surface area contributed by atoms with E-state index in [4.69, 9.17) is 19.4 Å². The Morgan fingerprint density at radius 1 is 1.04 bits per heavy atom. The summed E-state index contributed by atoms with van der Waals surface area (Å²) in [6, 6.07) is 0.659. The van der Waals surface area contributed by atoms with E-state index in [0.29, 0.717) is 66.0 Å². The van der Waals surface area contributed by atoms with E-state index in [0.717, 1.165) is 24.4 Å². The molecular weight excluding hydrogens is 685 g/mol. The van der Waals surface area contributed by atoms with Gasteiger partial charge in [0.1, 0.15) is 5.82 Å². The number of urea groups is 1. The van der Waals surface area contributed by atoms with E-state index < -0.39 is 47.5 Å². The van der Waals surface area contributed by atoms with Crippen LogP contribution in [0.3, 0.4) is 0 Å². The molecule has 4 aromatic rings. The number of carbonyl (C=O) groups is 3. The van der Waals surface area contributed by atoms with Gasteiger partial charge in [0.15, 0.2) is 16.5 Å². The van der Waals surface area contributed by atoms with E-state index in [2.05, 4.69) is 41.0 Å². The summed E-state index contributed by atoms with van der Waals surface area (Å²) < 4.78 is 95.6. The molecule has 14 nitrogen and oxygen atoms in total. The molecule has 0 atom stereocenters. The second-order valence-corrected chi connectivity index (χ2v) is 10.5. The lowest BCUT2D eigenvalue weighted by atomic mass is 10.2. The number of rotatable bonds is 7. The number of carboxylic acids is 1. The summed E-state index contributed by atoms with van der Waals surface area (Å²) in [4.78, 5) is 44.9. The number of hydrogen-bond acceptors (Lipinski definition) is 10. The van der Waals surface area contributed by atoms with E-state index >= 15 is 0 Å². The zero-order valence-electron chi connectivity index (χ0n) is 24.0. The highest BCUT2D eigenvalue weighted by Crippen LogP contribution is 2.39. The lowest BCUT2D eigenvalue weighted by Gasteiger charge is -2.26. The second-order valence-electron chi connectivity index (χ2n) is 9.51. The minimum absolute atomic E-state index is 0.0399. The molecule has 1 aliphatic heterocycles. The predicted octanol–water partition coefficient (Wildman–Crippen LogP) is 4.94. The quantitative estimate of drug-likeness (QED) is 0.165. The number of alkyl halides is 6. The van der Waals surface area contributed by atoms with Gasteiger partial charge in [0.05, 0.1) is 46.5 Å². The Balaban J connectivity index is 0.000000671. The number of nitrogens with zero attached hydrogens (tertiary/aromatic N) is 4. The molecular formula is C26H23F7N8O6S. The standard InChI is InChI=1S/C24H22F4N8O4S.C2HF3O2/c25-16-2-1-13(24(26,27)28)9-17(16)33-21(37)34-22-31-12-18(41-22)14-10-30-20-15(11-32-35-20)19(14)40-23(38)29-3-4-36-5-7-39-8-6-36;3-2(4,5)1(6)7/h1-2,9-12H,3-8H2,(H,29,38)(H,30,32,35)(H2,31,33,34,37);(H,6,7). The first-order chi connectivity index (χ1) is 22.6. The Hall–Kier alpha value is -5.09. The van der Waals surface area contributed by atoms with Gasteiger partial charge in [-0.2, -0.15) is 31.4 Å². The molecule has 5 N–H and O–H groups in total. The number of ether oxygens (including phenoxy) is 2. The molecule has 0 saturated carbocycles. The van der Waals surface area contributed by atoms with Crippen LogP contribution in [0.4, 0.5) is 51.1 Å². The number of aliphatic carboxylic acids is 1. The molecule has 1 aromatic carbocycles. The van der Waals surface area contributed by atoms with Crippen molar-refractivity contribution in [1.82, 2.24) is 30.4 Å². The smallest absolute Gasteiger partial charge is 0.475 e. The van der Waals surface area contributed by atoms with Crippen molar-refractivity contribution < 1.29 is 59.7 Å². The van der Waals surface area contributed by atoms with Crippen molar-refractivity contribution in [3.63, 3.8) is 0 Å². The van der Waals surface area contributed by atoms with Crippen molar-refractivity contribution >= 4 is 51.3 Å². The summed E-state index contributed by atoms with van der Waals surface area (Å²) in [6.45, 7) is 3.80. The van der Waals surface area contributed by atoms with E-state index in [9.17, 15) is 40.3 Å². The number of carbonyl (C=O) groups excluding carboxylic acids is 2. The van der Waals surface area contributed by atoms with E-state index in [1.165, 1.54) is 18.6 Å². The number of nitrogens with one attached hydrogen (secondary N) is 4. The molecule has 258 valence electrons. The summed E-state index contributed by atoms with van der Waals surface area (Å²) >= 11 is 0.968. The van der Waals surface area contributed by atoms with Crippen LogP contribution < -0.4 is 20.7 Å². The number of pyridine rings is 1. The molecule has 1 aliphatic rings. The van der Waals surface area contributed by atoms with Crippen LogP contribution in [0.15, 0.2) is 36.8 Å². The number of amides is 3. The number of benzene rings is 1. The van der Waals surface area contributed by atoms with Crippen LogP contribution in [0.1, 0.15) is 5.56 Å². The molecule has 48 heavy (non-hydrogen) atoms. The van der Waals surface area contributed by atoms with E-state index in [-0.39, 0.29) is 10.9 Å². The number of fused-ring (bicyclic) bond motifs is 1. The van der Waals surface area contributed by atoms with E-state index in [1.54, 1.807) is 0 Å². The fourth-order valence-corrected chi connectivity index (χ4v) is 4.75. The normalized spacial score (nSPS) is 13.7. The summed E-state index contributed by atoms with van der Waals surface area (Å²) in [5.41, 5.74) is -1.03. The average molecular weight is 709 g/mol. The number of H-pyrrole nitrogens is 1. The molecule has 0 aliphatic carbocycles. The maximum absolute atomic E-state index is 14.0. The van der Waals surface area contributed by atoms with Crippen molar-refractivity contribution in [2.75, 3.05) is 50.0 Å². The van der Waals surface area contributed by atoms with Crippen LogP contribution in [0.2, 0.25) is 0 Å². The van der Waals surface area contributed by atoms with Crippen LogP contribution in [0, 0.1) is 5.82 Å². The highest BCUT2D eigenvalue weighted by atomic mass is 32.1. The number of halogens is 7. The Morgan fingerprint density at radius 3 is 2.42 bits per heavy atom. The minimum Gasteiger partial charge on any atom is -0.475 e. The molecule has 0 spiro atoms. The first-order valence-electron chi connectivity index (χ1n) is 13.4. The molecule has 1 fully saturated rings. The fraction of sp³-hybridized carbons (Fsp3) is 0.308. The van der Waals surface area contributed by atoms with Gasteiger partial charge in [-0.15, -0.1) is 0 Å². The van der Waals surface area contributed by atoms with Crippen molar-refractivity contribution in [3.05, 3.63) is 48.2 Å². The SMILES string of the molecule is O=C(Nc1ncc(-c2cnc3[nH]ncc3c2OC(=O)NCCN2CCOCC2)s1)Nc1cc(C(F)(F)F)ccc1F.O=C(O)C(F)(F)F. The number of morpholine rings is 1. The molecule has 3 aromatic heterocycles. The number of anilines is 2. The number of aromatic nitrogens is 4. The maximum atomic E-state index is 14.0. The Kier molecular flexibility index (Phi) is 11.3. The Labute approximate surface area is 268 Å². The molecule has 4 heterocycles. The van der Waals surface area contributed by atoms with Gasteiger partial charge in [-0.3, -0.25) is 15.3 Å². The monoisotopic (exact) mass is 708 g/mol. The first kappa shape index (κ1) is 35.8. The van der Waals surface area contributed by atoms with Crippen LogP contribution >= 0.6 is 11.3 Å². The van der Waals surface area contributed by atoms with Gasteiger partial charge in [0, 0.05) is 38.6 Å². The van der Waals surface area contributed by atoms with Gasteiger partial charge in [-0.25, -0.2) is 28.7 Å². The highest BCUT2D eigenvalue weighted by molar-refractivity contribution is 7.19. The summed E-state index contributed by atoms with van der Waals surface area (Å²) in [7, 11) is 0. The number of aromatic amines is 1. The number of hydrogen-bond donors (Lipinski definition) is 5. The van der Waals surface area contributed by atoms with Crippen molar-refractivity contribution in [2.45, 2.75) is 12.4 Å². The fourth-order valence-electron chi connectivity index (χ4n) is 3.94. The average Bonchev–Trinajstić information content (AvgIpc) is 3.68. The first-order valence-corrected chi connectivity index (χ1v) is 14.2. The summed E-state index contributed by atoms with van der Waals surface area (Å²) in [6.07, 6.45) is -6.23. The molecule has 3 amide bonds. The van der Waals surface area contributed by atoms with Crippen molar-refractivity contribution in [2.24, 2.45) is 0 Å². The minimum atomic E-state index is -5.08. The van der Waals surface area contributed by atoms with Crippen LogP contribution in [0.25, 0.3) is 21.5 Å². The Morgan fingerprint density at radius 2 is 1.75 bits per heavy atom. The number of carboxylic acid groups (broad SMARTS) is 1. The van der Waals surface area contributed by atoms with Crippen LogP contribution in [-0.2, 0) is 15.7 Å². The van der Waals surface area contributed by atoms with Gasteiger partial charge in [0.25, 0.3) is 0 Å². The molecule has 0 bridgehead atoms. The number of thiazole rings is 1. The summed E-state index contributed by atoms with van der Waals surface area (Å²) in [5.74, 6) is -3.65. The van der Waals surface area contributed by atoms with Gasteiger partial charge in [0.2, 0.25) is 0 Å². The zero-order valence-corrected chi connectivity index (χ0v) is 24.9. The molecule has 5 rings (SSSR count). The zero-order chi connectivity index (χ0) is 35.1. The van der Waals surface area contributed by atoms with Gasteiger partial charge in [-0.1, -0.05) is 11.3 Å². The molecule has 0 unspecified atom stereocenters. The van der Waals surface area contributed by atoms with Gasteiger partial charge >= 0.3 is 30.4 Å². The molecule has 22 heteroatoms. The Bertz CT molecular complexity index is 1760. The lowest BCUT2D eigenvalue weighted by molar-refractivity contribution is -0.192. The third-order valence-corrected chi connectivity index (χ3v) is 7.15. The molecule has 1 saturated heterocycles. The third-order valence-electron chi connectivity index (χ3n) is 6.20. The largest absolute Gasteiger partial charge is 0.490 e. The molecule has 0 radical (unpaired) electrons. The van der Waals surface area contributed by atoms with Crippen LogP contribution in [-0.4, -0.2) is 93.8 Å².